The number of furan rings is 1. The van der Waals surface area contributed by atoms with Crippen LogP contribution in [0.25, 0.3) is 11.6 Å². The summed E-state index contributed by atoms with van der Waals surface area (Å²) in [6, 6.07) is 9.21. The summed E-state index contributed by atoms with van der Waals surface area (Å²) in [4.78, 5) is 0. The molecule has 7 heteroatoms. The van der Waals surface area contributed by atoms with Gasteiger partial charge in [0.05, 0.1) is 13.4 Å². The molecular formula is C20H22FN3O2S. The molecule has 1 saturated carbocycles. The summed E-state index contributed by atoms with van der Waals surface area (Å²) >= 11 is 1.57. The van der Waals surface area contributed by atoms with Crippen LogP contribution in [0.4, 0.5) is 4.39 Å². The Morgan fingerprint density at radius 1 is 1.22 bits per heavy atom. The topological polar surface area (TPSA) is 53.1 Å². The van der Waals surface area contributed by atoms with Crippen LogP contribution in [0.1, 0.15) is 43.7 Å². The smallest absolute Gasteiger partial charge is 0.200 e. The van der Waals surface area contributed by atoms with Gasteiger partial charge >= 0.3 is 0 Å². The quantitative estimate of drug-likeness (QED) is 0.524. The molecule has 1 aliphatic rings. The number of halogens is 1. The van der Waals surface area contributed by atoms with Gasteiger partial charge in [-0.3, -0.25) is 4.57 Å². The highest BCUT2D eigenvalue weighted by molar-refractivity contribution is 7.98. The monoisotopic (exact) mass is 387 g/mol. The second-order valence-electron chi connectivity index (χ2n) is 6.70. The number of hydrogen-bond acceptors (Lipinski definition) is 5. The highest BCUT2D eigenvalue weighted by Crippen LogP contribution is 2.36. The van der Waals surface area contributed by atoms with Crippen LogP contribution in [-0.4, -0.2) is 21.9 Å². The van der Waals surface area contributed by atoms with Crippen molar-refractivity contribution in [3.8, 4) is 17.3 Å². The lowest BCUT2D eigenvalue weighted by Crippen LogP contribution is -2.15. The molecule has 142 valence electrons. The van der Waals surface area contributed by atoms with Crippen molar-refractivity contribution < 1.29 is 13.5 Å². The van der Waals surface area contributed by atoms with Gasteiger partial charge in [-0.2, -0.15) is 0 Å². The summed E-state index contributed by atoms with van der Waals surface area (Å²) in [5.74, 6) is 2.03. The molecule has 0 spiro atoms. The van der Waals surface area contributed by atoms with Crippen LogP contribution in [0.5, 0.6) is 5.75 Å². The molecule has 3 aromatic rings. The van der Waals surface area contributed by atoms with Gasteiger partial charge < -0.3 is 9.15 Å². The van der Waals surface area contributed by atoms with Crippen LogP contribution in [0.3, 0.4) is 0 Å². The fourth-order valence-corrected chi connectivity index (χ4v) is 4.51. The minimum Gasteiger partial charge on any atom is -0.494 e. The number of thioether (sulfide) groups is 1. The van der Waals surface area contributed by atoms with E-state index in [4.69, 9.17) is 9.15 Å². The fraction of sp³-hybridized carbons (Fsp3) is 0.400. The first kappa shape index (κ1) is 18.1. The van der Waals surface area contributed by atoms with Crippen molar-refractivity contribution in [1.82, 2.24) is 14.8 Å². The third kappa shape index (κ3) is 3.88. The summed E-state index contributed by atoms with van der Waals surface area (Å²) in [6.45, 7) is 0. The lowest BCUT2D eigenvalue weighted by atomic mass is 9.95. The normalized spacial score (nSPS) is 15.2. The lowest BCUT2D eigenvalue weighted by Gasteiger charge is -2.25. The number of benzene rings is 1. The first-order chi connectivity index (χ1) is 13.3. The molecule has 2 heterocycles. The van der Waals surface area contributed by atoms with Gasteiger partial charge in [-0.15, -0.1) is 10.2 Å². The van der Waals surface area contributed by atoms with Crippen molar-refractivity contribution in [2.45, 2.75) is 49.1 Å². The molecule has 0 aliphatic heterocycles. The molecule has 1 aliphatic carbocycles. The molecule has 27 heavy (non-hydrogen) atoms. The average Bonchev–Trinajstić information content (AvgIpc) is 3.36. The minimum absolute atomic E-state index is 0.259. The first-order valence-corrected chi connectivity index (χ1v) is 10.2. The van der Waals surface area contributed by atoms with Crippen LogP contribution in [0.15, 0.2) is 46.2 Å². The van der Waals surface area contributed by atoms with Crippen LogP contribution in [0, 0.1) is 5.82 Å². The predicted octanol–water partition coefficient (Wildman–Crippen LogP) is 5.48. The van der Waals surface area contributed by atoms with Crippen molar-refractivity contribution in [1.29, 1.82) is 0 Å². The standard InChI is InChI=1S/C20H22FN3O2S/c1-25-17-10-9-14(12-16(17)21)13-27-20-23-22-19(18-8-5-11-26-18)24(20)15-6-3-2-4-7-15/h5,8-12,15H,2-4,6-7,13H2,1H3. The zero-order chi connectivity index (χ0) is 18.6. The summed E-state index contributed by atoms with van der Waals surface area (Å²) < 4.78 is 26.7. The SMILES string of the molecule is COc1ccc(CSc2nnc(-c3ccco3)n2C2CCCCC2)cc1F. The Balaban J connectivity index is 1.59. The maximum Gasteiger partial charge on any atom is 0.200 e. The van der Waals surface area contributed by atoms with Gasteiger partial charge in [0, 0.05) is 11.8 Å². The minimum atomic E-state index is -0.347. The van der Waals surface area contributed by atoms with Crippen LogP contribution in [0.2, 0.25) is 0 Å². The van der Waals surface area contributed by atoms with Gasteiger partial charge in [-0.05, 0) is 42.7 Å². The third-order valence-electron chi connectivity index (χ3n) is 4.93. The zero-order valence-corrected chi connectivity index (χ0v) is 16.0. The number of rotatable bonds is 6. The van der Waals surface area contributed by atoms with Crippen molar-refractivity contribution in [3.05, 3.63) is 48.0 Å². The van der Waals surface area contributed by atoms with Gasteiger partial charge in [0.2, 0.25) is 5.82 Å². The Kier molecular flexibility index (Phi) is 5.48. The molecule has 0 radical (unpaired) electrons. The molecule has 0 amide bonds. The molecule has 0 saturated heterocycles. The highest BCUT2D eigenvalue weighted by atomic mass is 32.2. The van der Waals surface area contributed by atoms with E-state index in [2.05, 4.69) is 14.8 Å². The van der Waals surface area contributed by atoms with Crippen molar-refractivity contribution in [2.75, 3.05) is 7.11 Å². The molecule has 0 N–H and O–H groups in total. The lowest BCUT2D eigenvalue weighted by molar-refractivity contribution is 0.337. The Morgan fingerprint density at radius 3 is 2.78 bits per heavy atom. The molecule has 5 nitrogen and oxygen atoms in total. The van der Waals surface area contributed by atoms with E-state index in [-0.39, 0.29) is 11.6 Å². The van der Waals surface area contributed by atoms with Crippen LogP contribution in [-0.2, 0) is 5.75 Å². The first-order valence-electron chi connectivity index (χ1n) is 9.20. The maximum absolute atomic E-state index is 14.0. The molecule has 2 aromatic heterocycles. The van der Waals surface area contributed by atoms with Gasteiger partial charge in [0.15, 0.2) is 22.5 Å². The maximum atomic E-state index is 14.0. The van der Waals surface area contributed by atoms with Crippen molar-refractivity contribution >= 4 is 11.8 Å². The largest absolute Gasteiger partial charge is 0.494 e. The summed E-state index contributed by atoms with van der Waals surface area (Å²) in [7, 11) is 1.47. The fourth-order valence-electron chi connectivity index (χ4n) is 3.57. The van der Waals surface area contributed by atoms with E-state index >= 15 is 0 Å². The van der Waals surface area contributed by atoms with Crippen LogP contribution < -0.4 is 4.74 Å². The molecule has 0 atom stereocenters. The molecule has 4 rings (SSSR count). The van der Waals surface area contributed by atoms with E-state index < -0.39 is 0 Å². The zero-order valence-electron chi connectivity index (χ0n) is 15.2. The van der Waals surface area contributed by atoms with E-state index in [0.29, 0.717) is 11.8 Å². The Labute approximate surface area is 161 Å². The summed E-state index contributed by atoms with van der Waals surface area (Å²) in [5, 5.41) is 9.66. The molecular weight excluding hydrogens is 365 g/mol. The van der Waals surface area contributed by atoms with Crippen molar-refractivity contribution in [3.63, 3.8) is 0 Å². The predicted molar refractivity (Wildman–Crippen MR) is 102 cm³/mol. The molecule has 0 bridgehead atoms. The molecule has 1 fully saturated rings. The van der Waals surface area contributed by atoms with E-state index in [1.807, 2.05) is 18.2 Å². The molecule has 0 unspecified atom stereocenters. The van der Waals surface area contributed by atoms with E-state index in [1.165, 1.54) is 32.4 Å². The second-order valence-corrected chi connectivity index (χ2v) is 7.65. The number of methoxy groups -OCH3 is 1. The summed E-state index contributed by atoms with van der Waals surface area (Å²) in [6.07, 6.45) is 7.61. The number of nitrogens with zero attached hydrogens (tertiary/aromatic N) is 3. The number of hydrogen-bond donors (Lipinski definition) is 0. The molecule has 1 aromatic carbocycles. The second kappa shape index (κ2) is 8.17. The van der Waals surface area contributed by atoms with Gasteiger partial charge in [-0.1, -0.05) is 37.1 Å². The van der Waals surface area contributed by atoms with Crippen LogP contribution >= 0.6 is 11.8 Å². The highest BCUT2D eigenvalue weighted by Gasteiger charge is 2.25. The van der Waals surface area contributed by atoms with E-state index in [0.717, 1.165) is 35.1 Å². The Hall–Kier alpha value is -2.28. The van der Waals surface area contributed by atoms with Crippen molar-refractivity contribution in [2.24, 2.45) is 0 Å². The average molecular weight is 387 g/mol. The van der Waals surface area contributed by atoms with E-state index in [9.17, 15) is 4.39 Å². The van der Waals surface area contributed by atoms with Gasteiger partial charge in [-0.25, -0.2) is 4.39 Å². The number of aromatic nitrogens is 3. The summed E-state index contributed by atoms with van der Waals surface area (Å²) in [5.41, 5.74) is 0.885. The van der Waals surface area contributed by atoms with Gasteiger partial charge in [0.25, 0.3) is 0 Å². The Morgan fingerprint density at radius 2 is 2.07 bits per heavy atom. The van der Waals surface area contributed by atoms with E-state index in [1.54, 1.807) is 24.1 Å². The Bertz CT molecular complexity index is 889. The third-order valence-corrected chi connectivity index (χ3v) is 5.94. The van der Waals surface area contributed by atoms with Gasteiger partial charge in [0.1, 0.15) is 0 Å². The number of ether oxygens (including phenoxy) is 1.